The van der Waals surface area contributed by atoms with Crippen LogP contribution in [0.1, 0.15) is 78.1 Å². The van der Waals surface area contributed by atoms with Gasteiger partial charge in [-0.05, 0) is 43.9 Å². The van der Waals surface area contributed by atoms with E-state index in [4.69, 9.17) is 0 Å². The van der Waals surface area contributed by atoms with Crippen LogP contribution in [0.2, 0.25) is 0 Å². The molecule has 2 aliphatic carbocycles. The van der Waals surface area contributed by atoms with Crippen molar-refractivity contribution in [3.63, 3.8) is 0 Å². The second-order valence-corrected chi connectivity index (χ2v) is 8.95. The molecular weight excluding hydrogens is 326 g/mol. The monoisotopic (exact) mass is 363 g/mol. The first-order valence-electron chi connectivity index (χ1n) is 10.9. The van der Waals surface area contributed by atoms with Gasteiger partial charge in [0.05, 0.1) is 5.92 Å². The van der Waals surface area contributed by atoms with Crippen LogP contribution in [0.5, 0.6) is 0 Å². The number of nitrogens with zero attached hydrogens (tertiary/aromatic N) is 1. The number of nitrogens with one attached hydrogen (secondary N) is 2. The zero-order valence-electron chi connectivity index (χ0n) is 16.6. The van der Waals surface area contributed by atoms with E-state index in [0.717, 1.165) is 38.6 Å². The van der Waals surface area contributed by atoms with Crippen molar-refractivity contribution in [2.75, 3.05) is 13.1 Å². The molecule has 3 rings (SSSR count). The van der Waals surface area contributed by atoms with Crippen molar-refractivity contribution in [2.24, 2.45) is 17.8 Å². The topological polar surface area (TPSA) is 61.4 Å². The van der Waals surface area contributed by atoms with Gasteiger partial charge in [-0.2, -0.15) is 0 Å². The Bertz CT molecular complexity index is 490. The van der Waals surface area contributed by atoms with Crippen LogP contribution in [-0.4, -0.2) is 42.0 Å². The van der Waals surface area contributed by atoms with E-state index < -0.39 is 0 Å². The number of carbonyl (C=O) groups excluding carboxylic acids is 2. The number of amides is 3. The predicted molar refractivity (Wildman–Crippen MR) is 104 cm³/mol. The van der Waals surface area contributed by atoms with Gasteiger partial charge in [-0.25, -0.2) is 4.79 Å². The lowest BCUT2D eigenvalue weighted by Crippen LogP contribution is -2.53. The van der Waals surface area contributed by atoms with E-state index in [1.165, 1.54) is 32.1 Å². The molecule has 0 aromatic heterocycles. The Labute approximate surface area is 158 Å². The summed E-state index contributed by atoms with van der Waals surface area (Å²) in [4.78, 5) is 27.3. The van der Waals surface area contributed by atoms with Gasteiger partial charge in [0.2, 0.25) is 5.91 Å². The summed E-state index contributed by atoms with van der Waals surface area (Å²) < 4.78 is 0. The molecule has 4 atom stereocenters. The zero-order chi connectivity index (χ0) is 18.5. The number of urea groups is 1. The molecule has 3 fully saturated rings. The number of carbonyl (C=O) groups is 2. The average molecular weight is 364 g/mol. The highest BCUT2D eigenvalue weighted by Crippen LogP contribution is 2.30. The maximum Gasteiger partial charge on any atom is 0.317 e. The minimum Gasteiger partial charge on any atom is -0.353 e. The van der Waals surface area contributed by atoms with Gasteiger partial charge >= 0.3 is 6.03 Å². The predicted octanol–water partition coefficient (Wildman–Crippen LogP) is 3.68. The average Bonchev–Trinajstić information content (AvgIpc) is 2.66. The summed E-state index contributed by atoms with van der Waals surface area (Å²) in [6, 6.07) is 0.666. The second-order valence-electron chi connectivity index (χ2n) is 8.95. The van der Waals surface area contributed by atoms with Crippen molar-refractivity contribution < 1.29 is 9.59 Å². The smallest absolute Gasteiger partial charge is 0.317 e. The lowest BCUT2D eigenvalue weighted by molar-refractivity contribution is -0.127. The highest BCUT2D eigenvalue weighted by Gasteiger charge is 2.33. The minimum atomic E-state index is -0.0425. The summed E-state index contributed by atoms with van der Waals surface area (Å²) in [5.41, 5.74) is 0. The molecule has 5 heteroatoms. The summed E-state index contributed by atoms with van der Waals surface area (Å²) in [7, 11) is 0. The largest absolute Gasteiger partial charge is 0.353 e. The van der Waals surface area contributed by atoms with E-state index in [0.29, 0.717) is 24.4 Å². The van der Waals surface area contributed by atoms with Crippen molar-refractivity contribution >= 4 is 11.9 Å². The van der Waals surface area contributed by atoms with E-state index in [2.05, 4.69) is 24.5 Å². The maximum absolute atomic E-state index is 12.8. The van der Waals surface area contributed by atoms with Gasteiger partial charge in [-0.15, -0.1) is 0 Å². The normalized spacial score (nSPS) is 33.5. The van der Waals surface area contributed by atoms with Crippen LogP contribution < -0.4 is 10.6 Å². The van der Waals surface area contributed by atoms with Gasteiger partial charge in [-0.3, -0.25) is 4.79 Å². The van der Waals surface area contributed by atoms with Crippen molar-refractivity contribution in [2.45, 2.75) is 90.1 Å². The summed E-state index contributed by atoms with van der Waals surface area (Å²) in [5, 5.41) is 6.51. The molecule has 0 bridgehead atoms. The first-order valence-corrected chi connectivity index (χ1v) is 10.9. The summed E-state index contributed by atoms with van der Waals surface area (Å²) in [6.07, 6.45) is 11.3. The quantitative estimate of drug-likeness (QED) is 0.803. The number of piperidine rings is 1. The molecule has 148 valence electrons. The highest BCUT2D eigenvalue weighted by molar-refractivity contribution is 5.81. The van der Waals surface area contributed by atoms with Crippen molar-refractivity contribution in [1.29, 1.82) is 0 Å². The Balaban J connectivity index is 1.49. The maximum atomic E-state index is 12.8. The van der Waals surface area contributed by atoms with Gasteiger partial charge < -0.3 is 15.5 Å². The molecule has 26 heavy (non-hydrogen) atoms. The van der Waals surface area contributed by atoms with Crippen molar-refractivity contribution in [1.82, 2.24) is 15.5 Å². The summed E-state index contributed by atoms with van der Waals surface area (Å²) >= 11 is 0. The molecule has 3 amide bonds. The molecule has 0 radical (unpaired) electrons. The van der Waals surface area contributed by atoms with Crippen LogP contribution in [-0.2, 0) is 4.79 Å². The van der Waals surface area contributed by atoms with E-state index in [-0.39, 0.29) is 23.9 Å². The number of likely N-dealkylation sites (tertiary alicyclic amines) is 1. The van der Waals surface area contributed by atoms with Crippen LogP contribution in [0.15, 0.2) is 0 Å². The lowest BCUT2D eigenvalue weighted by atomic mass is 9.78. The van der Waals surface area contributed by atoms with Gasteiger partial charge in [-0.1, -0.05) is 46.0 Å². The first kappa shape index (κ1) is 19.5. The molecule has 2 saturated carbocycles. The van der Waals surface area contributed by atoms with Crippen molar-refractivity contribution in [3.05, 3.63) is 0 Å². The molecule has 1 heterocycles. The van der Waals surface area contributed by atoms with Crippen LogP contribution in [0, 0.1) is 17.8 Å². The molecule has 3 aliphatic rings. The molecule has 0 aromatic rings. The summed E-state index contributed by atoms with van der Waals surface area (Å²) in [6.45, 7) is 5.89. The van der Waals surface area contributed by atoms with E-state index >= 15 is 0 Å². The third kappa shape index (κ3) is 4.92. The minimum absolute atomic E-state index is 0.0334. The molecule has 5 nitrogen and oxygen atoms in total. The van der Waals surface area contributed by atoms with E-state index in [1.807, 2.05) is 4.90 Å². The Morgan fingerprint density at radius 2 is 1.62 bits per heavy atom. The first-order chi connectivity index (χ1) is 12.5. The number of rotatable bonds is 3. The standard InChI is InChI=1S/C21H37N3O2/c1-15-8-6-12-19(16(15)2)23-21(26)24-13-7-9-17(14-24)20(25)22-18-10-4-3-5-11-18/h15-19H,3-14H2,1-2H3,(H,22,25)(H,23,26)/t15-,16+,17+,19+/m1/s1. The van der Waals surface area contributed by atoms with Crippen LogP contribution in [0.25, 0.3) is 0 Å². The van der Waals surface area contributed by atoms with Gasteiger partial charge in [0.15, 0.2) is 0 Å². The highest BCUT2D eigenvalue weighted by atomic mass is 16.2. The molecule has 1 saturated heterocycles. The fourth-order valence-electron chi connectivity index (χ4n) is 4.98. The summed E-state index contributed by atoms with van der Waals surface area (Å²) in [5.74, 6) is 1.32. The fourth-order valence-corrected chi connectivity index (χ4v) is 4.98. The fraction of sp³-hybridized carbons (Fsp3) is 0.905. The molecule has 2 N–H and O–H groups in total. The van der Waals surface area contributed by atoms with E-state index in [9.17, 15) is 9.59 Å². The number of hydrogen-bond acceptors (Lipinski definition) is 2. The third-order valence-corrected chi connectivity index (χ3v) is 7.05. The molecular formula is C21H37N3O2. The van der Waals surface area contributed by atoms with Gasteiger partial charge in [0.1, 0.15) is 0 Å². The molecule has 0 unspecified atom stereocenters. The van der Waals surface area contributed by atoms with Gasteiger partial charge in [0.25, 0.3) is 0 Å². The van der Waals surface area contributed by atoms with Crippen LogP contribution in [0.4, 0.5) is 4.79 Å². The molecule has 0 spiro atoms. The second kappa shape index (κ2) is 9.09. The third-order valence-electron chi connectivity index (χ3n) is 7.05. The van der Waals surface area contributed by atoms with Crippen LogP contribution in [0.3, 0.4) is 0 Å². The Morgan fingerprint density at radius 1 is 0.846 bits per heavy atom. The number of hydrogen-bond donors (Lipinski definition) is 2. The SMILES string of the molecule is C[C@H]1[C@H](C)CCC[C@@H]1NC(=O)N1CCC[C@H](C(=O)NC2CCCCC2)C1. The Hall–Kier alpha value is -1.26. The van der Waals surface area contributed by atoms with Crippen molar-refractivity contribution in [3.8, 4) is 0 Å². The lowest BCUT2D eigenvalue weighted by Gasteiger charge is -2.38. The molecule has 1 aliphatic heterocycles. The van der Waals surface area contributed by atoms with E-state index in [1.54, 1.807) is 0 Å². The zero-order valence-corrected chi connectivity index (χ0v) is 16.6. The Kier molecular flexibility index (Phi) is 6.82. The molecule has 0 aromatic carbocycles. The Morgan fingerprint density at radius 3 is 2.38 bits per heavy atom. The van der Waals surface area contributed by atoms with Gasteiger partial charge in [0, 0.05) is 25.2 Å². The van der Waals surface area contributed by atoms with Crippen LogP contribution >= 0.6 is 0 Å².